The Kier molecular flexibility index (Phi) is 7.14. The van der Waals surface area contributed by atoms with Gasteiger partial charge in [-0.1, -0.05) is 13.3 Å². The van der Waals surface area contributed by atoms with Crippen LogP contribution in [0.1, 0.15) is 65.2 Å². The van der Waals surface area contributed by atoms with Crippen LogP contribution in [0.2, 0.25) is 0 Å². The van der Waals surface area contributed by atoms with Gasteiger partial charge in [0.2, 0.25) is 5.91 Å². The first-order valence-electron chi connectivity index (χ1n) is 9.92. The molecule has 4 rings (SSSR count). The molecule has 7 nitrogen and oxygen atoms in total. The third-order valence-corrected chi connectivity index (χ3v) is 6.37. The molecule has 0 aliphatic heterocycles. The molecule has 27 heavy (non-hydrogen) atoms. The first kappa shape index (κ1) is 22.0. The highest BCUT2D eigenvalue weighted by atomic mass is 35.5. The maximum atomic E-state index is 12.4. The number of nitrogens with one attached hydrogen (secondary N) is 3. The summed E-state index contributed by atoms with van der Waals surface area (Å²) in [6, 6.07) is -1.98. The van der Waals surface area contributed by atoms with E-state index in [0.29, 0.717) is 30.6 Å². The number of urea groups is 1. The average molecular weight is 402 g/mol. The van der Waals surface area contributed by atoms with Gasteiger partial charge in [-0.15, -0.1) is 12.4 Å². The molecule has 4 fully saturated rings. The number of hydrogen-bond acceptors (Lipinski definition) is 4. The summed E-state index contributed by atoms with van der Waals surface area (Å²) in [5, 5.41) is 17.5. The standard InChI is InChI=1S/C19H31N3O4.ClH/c1-3-4-15(17(24)25)20-11(2)16(23)21-18(26)22-19-8-12-5-13(9-19)7-14(6-12)10-19;/h11-15,20H,3-10H2,1-2H3,(H,24,25)(H2,21,22,23,26);1H. The first-order chi connectivity index (χ1) is 12.3. The van der Waals surface area contributed by atoms with Crippen molar-refractivity contribution in [3.63, 3.8) is 0 Å². The summed E-state index contributed by atoms with van der Waals surface area (Å²) in [4.78, 5) is 35.9. The molecule has 2 unspecified atom stereocenters. The Morgan fingerprint density at radius 2 is 1.59 bits per heavy atom. The number of carbonyl (C=O) groups is 3. The smallest absolute Gasteiger partial charge is 0.321 e. The minimum absolute atomic E-state index is 0. The van der Waals surface area contributed by atoms with Crippen LogP contribution in [-0.4, -0.2) is 40.6 Å². The lowest BCUT2D eigenvalue weighted by atomic mass is 9.53. The maximum Gasteiger partial charge on any atom is 0.321 e. The van der Waals surface area contributed by atoms with E-state index in [1.165, 1.54) is 19.3 Å². The normalized spacial score (nSPS) is 32.9. The zero-order valence-corrected chi connectivity index (χ0v) is 16.9. The molecule has 154 valence electrons. The zero-order chi connectivity index (χ0) is 18.9. The molecule has 0 heterocycles. The number of carbonyl (C=O) groups excluding carboxylic acids is 2. The molecule has 0 aromatic heterocycles. The Morgan fingerprint density at radius 3 is 2.04 bits per heavy atom. The van der Waals surface area contributed by atoms with E-state index in [9.17, 15) is 19.5 Å². The van der Waals surface area contributed by atoms with Gasteiger partial charge in [-0.3, -0.25) is 20.2 Å². The summed E-state index contributed by atoms with van der Waals surface area (Å²) in [6.45, 7) is 3.47. The molecule has 4 bridgehead atoms. The summed E-state index contributed by atoms with van der Waals surface area (Å²) in [5.74, 6) is 0.661. The van der Waals surface area contributed by atoms with E-state index in [0.717, 1.165) is 19.3 Å². The van der Waals surface area contributed by atoms with E-state index in [-0.39, 0.29) is 17.9 Å². The average Bonchev–Trinajstić information content (AvgIpc) is 2.51. The van der Waals surface area contributed by atoms with Crippen molar-refractivity contribution >= 4 is 30.3 Å². The van der Waals surface area contributed by atoms with Crippen molar-refractivity contribution in [2.24, 2.45) is 17.8 Å². The van der Waals surface area contributed by atoms with Crippen molar-refractivity contribution in [2.75, 3.05) is 0 Å². The molecule has 4 aliphatic carbocycles. The van der Waals surface area contributed by atoms with Crippen molar-refractivity contribution in [1.82, 2.24) is 16.0 Å². The van der Waals surface area contributed by atoms with Gasteiger partial charge in [0.05, 0.1) is 6.04 Å². The number of aliphatic carboxylic acids is 1. The topological polar surface area (TPSA) is 108 Å². The lowest BCUT2D eigenvalue weighted by Gasteiger charge is -2.56. The molecule has 0 spiro atoms. The molecule has 0 radical (unpaired) electrons. The largest absolute Gasteiger partial charge is 0.480 e. The summed E-state index contributed by atoms with van der Waals surface area (Å²) < 4.78 is 0. The fraction of sp³-hybridized carbons (Fsp3) is 0.842. The van der Waals surface area contributed by atoms with Crippen LogP contribution < -0.4 is 16.0 Å². The predicted octanol–water partition coefficient (Wildman–Crippen LogP) is 2.43. The van der Waals surface area contributed by atoms with Crippen molar-refractivity contribution < 1.29 is 19.5 Å². The van der Waals surface area contributed by atoms with E-state index < -0.39 is 30.0 Å². The summed E-state index contributed by atoms with van der Waals surface area (Å²) >= 11 is 0. The van der Waals surface area contributed by atoms with Gasteiger partial charge in [-0.25, -0.2) is 4.79 Å². The van der Waals surface area contributed by atoms with Gasteiger partial charge in [0.1, 0.15) is 6.04 Å². The van der Waals surface area contributed by atoms with Crippen LogP contribution >= 0.6 is 12.4 Å². The van der Waals surface area contributed by atoms with E-state index >= 15 is 0 Å². The van der Waals surface area contributed by atoms with Crippen LogP contribution in [0.15, 0.2) is 0 Å². The second-order valence-corrected chi connectivity index (χ2v) is 8.71. The molecule has 4 aliphatic rings. The molecular formula is C19H32ClN3O4. The lowest BCUT2D eigenvalue weighted by molar-refractivity contribution is -0.140. The maximum absolute atomic E-state index is 12.4. The molecule has 0 aromatic rings. The van der Waals surface area contributed by atoms with Gasteiger partial charge >= 0.3 is 12.0 Å². The van der Waals surface area contributed by atoms with E-state index in [4.69, 9.17) is 0 Å². The first-order valence-corrected chi connectivity index (χ1v) is 9.92. The number of hydrogen-bond donors (Lipinski definition) is 4. The van der Waals surface area contributed by atoms with Crippen molar-refractivity contribution in [3.05, 3.63) is 0 Å². The molecule has 8 heteroatoms. The molecule has 0 saturated heterocycles. The molecule has 2 atom stereocenters. The van der Waals surface area contributed by atoms with Gasteiger partial charge in [0, 0.05) is 5.54 Å². The van der Waals surface area contributed by atoms with Crippen molar-refractivity contribution in [2.45, 2.75) is 82.8 Å². The Labute approximate surface area is 166 Å². The highest BCUT2D eigenvalue weighted by molar-refractivity contribution is 5.97. The molecule has 4 N–H and O–H groups in total. The third-order valence-electron chi connectivity index (χ3n) is 6.37. The van der Waals surface area contributed by atoms with Crippen molar-refractivity contribution in [1.29, 1.82) is 0 Å². The van der Waals surface area contributed by atoms with Crippen LogP contribution in [-0.2, 0) is 9.59 Å². The minimum atomic E-state index is -0.982. The quantitative estimate of drug-likeness (QED) is 0.524. The van der Waals surface area contributed by atoms with E-state index in [1.54, 1.807) is 6.92 Å². The number of carboxylic acid groups (broad SMARTS) is 1. The second-order valence-electron chi connectivity index (χ2n) is 8.71. The third kappa shape index (κ3) is 5.13. The summed E-state index contributed by atoms with van der Waals surface area (Å²) in [6.07, 6.45) is 8.06. The van der Waals surface area contributed by atoms with Crippen LogP contribution in [0.5, 0.6) is 0 Å². The summed E-state index contributed by atoms with van der Waals surface area (Å²) in [5.41, 5.74) is -0.151. The highest BCUT2D eigenvalue weighted by Gasteiger charge is 2.51. The molecular weight excluding hydrogens is 370 g/mol. The number of imide groups is 1. The van der Waals surface area contributed by atoms with E-state index in [2.05, 4.69) is 16.0 Å². The monoisotopic (exact) mass is 401 g/mol. The van der Waals surface area contributed by atoms with E-state index in [1.807, 2.05) is 6.92 Å². The van der Waals surface area contributed by atoms with Gasteiger partial charge < -0.3 is 10.4 Å². The van der Waals surface area contributed by atoms with Gasteiger partial charge in [-0.2, -0.15) is 0 Å². The Hall–Kier alpha value is -1.34. The van der Waals surface area contributed by atoms with Gasteiger partial charge in [0.15, 0.2) is 0 Å². The minimum Gasteiger partial charge on any atom is -0.480 e. The molecule has 0 aromatic carbocycles. The Balaban J connectivity index is 0.00000261. The fourth-order valence-electron chi connectivity index (χ4n) is 5.70. The SMILES string of the molecule is CCCC(NC(C)C(=O)NC(=O)NC12CC3CC(CC(C3)C1)C2)C(=O)O.Cl. The zero-order valence-electron chi connectivity index (χ0n) is 16.1. The Bertz CT molecular complexity index is 548. The van der Waals surface area contributed by atoms with Gasteiger partial charge in [-0.05, 0) is 69.6 Å². The van der Waals surface area contributed by atoms with Crippen LogP contribution in [0.3, 0.4) is 0 Å². The van der Waals surface area contributed by atoms with Crippen molar-refractivity contribution in [3.8, 4) is 0 Å². The van der Waals surface area contributed by atoms with Crippen LogP contribution in [0, 0.1) is 17.8 Å². The number of rotatable bonds is 7. The van der Waals surface area contributed by atoms with Crippen LogP contribution in [0.25, 0.3) is 0 Å². The predicted molar refractivity (Wildman–Crippen MR) is 104 cm³/mol. The number of halogens is 1. The fourth-order valence-corrected chi connectivity index (χ4v) is 5.70. The number of carboxylic acids is 1. The lowest BCUT2D eigenvalue weighted by Crippen LogP contribution is -2.62. The second kappa shape index (κ2) is 8.78. The Morgan fingerprint density at radius 1 is 1.07 bits per heavy atom. The molecule has 3 amide bonds. The van der Waals surface area contributed by atoms with Gasteiger partial charge in [0.25, 0.3) is 0 Å². The number of amides is 3. The highest BCUT2D eigenvalue weighted by Crippen LogP contribution is 2.55. The van der Waals surface area contributed by atoms with Crippen LogP contribution in [0.4, 0.5) is 4.79 Å². The summed E-state index contributed by atoms with van der Waals surface area (Å²) in [7, 11) is 0. The molecule has 4 saturated carbocycles.